The van der Waals surface area contributed by atoms with Gasteiger partial charge in [0.15, 0.2) is 107 Å². The lowest BCUT2D eigenvalue weighted by atomic mass is 9.66. The van der Waals surface area contributed by atoms with E-state index in [1.807, 2.05) is 0 Å². The molecule has 12 aliphatic heterocycles. The number of ether oxygens (including phenoxy) is 27. The molecule has 0 unspecified atom stereocenters. The zero-order valence-electron chi connectivity index (χ0n) is 86.8. The molecule has 0 saturated carbocycles. The fourth-order valence-corrected chi connectivity index (χ4v) is 20.4. The molecular formula is C87H99O48P3. The monoisotopic (exact) mass is 2020 g/mol. The first-order valence-corrected chi connectivity index (χ1v) is 46.8. The van der Waals surface area contributed by atoms with Gasteiger partial charge in [0.1, 0.15) is 73.2 Å². The van der Waals surface area contributed by atoms with E-state index in [1.165, 1.54) is 62.8 Å². The number of hydrogen-bond donors (Lipinski definition) is 12. The number of benzene rings is 6. The van der Waals surface area contributed by atoms with E-state index in [1.54, 1.807) is 20.8 Å². The van der Waals surface area contributed by atoms with Crippen molar-refractivity contribution in [2.24, 2.45) is 35.4 Å². The number of cyclic esters (lactones) is 3. The van der Waals surface area contributed by atoms with Crippen LogP contribution in [-0.4, -0.2) is 291 Å². The summed E-state index contributed by atoms with van der Waals surface area (Å²) in [6.45, 7) is -2.12. The molecule has 0 bridgehead atoms. The van der Waals surface area contributed by atoms with Gasteiger partial charge in [-0.05, 0) is 144 Å². The molecule has 30 atom stereocenters. The molecule has 15 aliphatic rings. The predicted octanol–water partition coefficient (Wildman–Crippen LogP) is 3.31. The zero-order valence-corrected chi connectivity index (χ0v) is 75.5. The Morgan fingerprint density at radius 3 is 0.978 bits per heavy atom. The van der Waals surface area contributed by atoms with E-state index in [0.717, 1.165) is 38.5 Å². The third-order valence-electron chi connectivity index (χ3n) is 25.2. The van der Waals surface area contributed by atoms with Gasteiger partial charge < -0.3 is 172 Å². The Morgan fingerprint density at radius 2 is 0.638 bits per heavy atom. The third kappa shape index (κ3) is 18.3. The summed E-state index contributed by atoms with van der Waals surface area (Å²) in [6.07, 6.45) is -26.8. The van der Waals surface area contributed by atoms with Crippen LogP contribution in [-0.2, 0) is 99.1 Å². The number of carbonyl (C=O) groups excluding carboxylic acids is 3. The summed E-state index contributed by atoms with van der Waals surface area (Å²) in [5, 5.41) is 66.4. The molecule has 9 fully saturated rings. The molecule has 0 spiro atoms. The van der Waals surface area contributed by atoms with Crippen LogP contribution in [0, 0.1) is 35.4 Å². The maximum Gasteiger partial charge on any atom is 0.525 e. The van der Waals surface area contributed by atoms with Gasteiger partial charge in [-0.25, -0.2) is 13.7 Å². The highest BCUT2D eigenvalue weighted by atomic mass is 31.2. The van der Waals surface area contributed by atoms with E-state index in [4.69, 9.17) is 151 Å². The normalized spacial score (nSPS) is 39.2. The van der Waals surface area contributed by atoms with Crippen molar-refractivity contribution in [1.82, 2.24) is 0 Å². The van der Waals surface area contributed by atoms with Crippen LogP contribution in [0.2, 0.25) is 0 Å². The summed E-state index contributed by atoms with van der Waals surface area (Å²) in [5.74, 6) is -26.2. The van der Waals surface area contributed by atoms with E-state index in [9.17, 15) is 93.6 Å². The number of carbonyl (C=O) groups is 3. The van der Waals surface area contributed by atoms with Crippen molar-refractivity contribution in [2.75, 3.05) is 102 Å². The number of esters is 3. The van der Waals surface area contributed by atoms with Crippen molar-refractivity contribution >= 4 is 41.4 Å². The number of phosphoric ester groups is 3. The minimum absolute atomic E-state index is 0.00459. The number of aliphatic hydroxyl groups excluding tert-OH is 6. The summed E-state index contributed by atoms with van der Waals surface area (Å²) in [4.78, 5) is 98.9. The van der Waals surface area contributed by atoms with Crippen molar-refractivity contribution in [3.63, 3.8) is 0 Å². The summed E-state index contributed by atoms with van der Waals surface area (Å²) in [5.41, 5.74) is 0.279. The van der Waals surface area contributed by atoms with Crippen molar-refractivity contribution in [3.05, 3.63) is 123 Å². The second kappa shape index (κ2) is 38.4. The summed E-state index contributed by atoms with van der Waals surface area (Å²) in [7, 11) is -17.8. The Balaban J connectivity index is 0.000000143. The van der Waals surface area contributed by atoms with Gasteiger partial charge in [0.2, 0.25) is 37.6 Å². The van der Waals surface area contributed by atoms with Crippen LogP contribution < -0.4 is 70.4 Å². The highest BCUT2D eigenvalue weighted by Gasteiger charge is 2.62. The van der Waals surface area contributed by atoms with Crippen molar-refractivity contribution < 1.29 is 249 Å². The van der Waals surface area contributed by atoms with Crippen LogP contribution in [0.25, 0.3) is 0 Å². The van der Waals surface area contributed by atoms with Crippen LogP contribution in [0.1, 0.15) is 126 Å². The Bertz CT molecular complexity index is 6390. The second-order valence-corrected chi connectivity index (χ2v) is 36.7. The zero-order chi connectivity index (χ0) is 110. The van der Waals surface area contributed by atoms with E-state index < -0.39 is 286 Å². The van der Waals surface area contributed by atoms with E-state index in [0.29, 0.717) is 0 Å². The smallest absolute Gasteiger partial charge is 0.493 e. The molecule has 138 heavy (non-hydrogen) atoms. The summed E-state index contributed by atoms with van der Waals surface area (Å²) >= 11 is 0. The summed E-state index contributed by atoms with van der Waals surface area (Å²) < 4.78 is 322. The Hall–Kier alpha value is -9.54. The van der Waals surface area contributed by atoms with Gasteiger partial charge in [-0.2, -0.15) is 0 Å². The standard InChI is InChI=1S/3C29H33O16P/c3*1-11-38-9-20-27(42-11)23(30)24(31)29(43-20)44-25-14-7-17-16(40-10-41-17)6-13(14)21(22-15(25)8-39-28(22)32)12-4-18(36-2)26(19(5-12)37-3)45-46(33,34)35/h3*4-7,11,15,20-25,27,29-31H,8-10H2,1-3H3,(H2,33,34,35)/t3*11-,15+,20-,21-,22+,23-,24-,25-,27-,29+/m111/s1/i8D2,21D,22D;2D3,3D3,22D;8D2,22D. The minimum Gasteiger partial charge on any atom is -0.493 e. The molecule has 0 amide bonds. The van der Waals surface area contributed by atoms with Gasteiger partial charge in [0, 0.05) is 41.0 Å². The molecule has 48 nitrogen and oxygen atoms in total. The lowest BCUT2D eigenvalue weighted by molar-refractivity contribution is -0.364. The number of aliphatic hydroxyl groups is 6. The molecule has 6 aromatic carbocycles. The van der Waals surface area contributed by atoms with Crippen LogP contribution in [0.4, 0.5) is 0 Å². The highest BCUT2D eigenvalue weighted by Crippen LogP contribution is 2.64. The average molecular weight is 2020 g/mol. The lowest BCUT2D eigenvalue weighted by Gasteiger charge is -2.47. The Labute approximate surface area is 802 Å². The molecule has 21 rings (SSSR count). The molecule has 750 valence electrons. The van der Waals surface area contributed by atoms with Crippen molar-refractivity contribution in [1.29, 1.82) is 0 Å². The molecule has 51 heteroatoms. The van der Waals surface area contributed by atoms with E-state index in [-0.39, 0.29) is 148 Å². The van der Waals surface area contributed by atoms with E-state index >= 15 is 0 Å². The first-order valence-electron chi connectivity index (χ1n) is 49.3. The minimum atomic E-state index is -5.52. The fourth-order valence-electron chi connectivity index (χ4n) is 19.2. The molecule has 6 aromatic rings. The summed E-state index contributed by atoms with van der Waals surface area (Å²) in [6, 6.07) is 15.2. The maximum absolute atomic E-state index is 13.9. The molecule has 0 aromatic heterocycles. The first kappa shape index (κ1) is 81.1. The quantitative estimate of drug-likeness (QED) is 0.0279. The van der Waals surface area contributed by atoms with Gasteiger partial charge in [-0.1, -0.05) is 0 Å². The Morgan fingerprint density at radius 1 is 0.348 bits per heavy atom. The fraction of sp³-hybridized carbons (Fsp3) is 0.552. The van der Waals surface area contributed by atoms with Crippen molar-refractivity contribution in [3.8, 4) is 86.2 Å². The van der Waals surface area contributed by atoms with Crippen LogP contribution in [0.15, 0.2) is 72.8 Å². The number of hydrogen-bond acceptors (Lipinski definition) is 42. The molecule has 3 aliphatic carbocycles. The highest BCUT2D eigenvalue weighted by molar-refractivity contribution is 7.47. The predicted molar refractivity (Wildman–Crippen MR) is 448 cm³/mol. The largest absolute Gasteiger partial charge is 0.525 e. The number of fused-ring (bicyclic) bond motifs is 12. The van der Waals surface area contributed by atoms with Crippen LogP contribution in [0.5, 0.6) is 86.2 Å². The van der Waals surface area contributed by atoms with E-state index in [2.05, 4.69) is 4.52 Å². The van der Waals surface area contributed by atoms with Crippen LogP contribution in [0.3, 0.4) is 0 Å². The molecular weight excluding hydrogens is 1910 g/mol. The molecule has 0 radical (unpaired) electrons. The third-order valence-corrected chi connectivity index (χ3v) is 26.4. The molecule has 12 N–H and O–H groups in total. The topological polar surface area (TPSA) is 622 Å². The van der Waals surface area contributed by atoms with Gasteiger partial charge in [-0.3, -0.25) is 43.7 Å². The second-order valence-electron chi connectivity index (χ2n) is 33.2. The Kier molecular flexibility index (Phi) is 22.5. The SMILES string of the molecule is [2H]C([2H])([2H])Oc1cc([C@@H]2c3cc4c(cc3[C@@H](O[C@@H]3O[C@@H]5CO[C@@H](C)O[C@H]5[C@H](O)[C@H]3O)[C@H]3COC(=O)[C@]23[2H])OCO4)cc(OC([2H])([2H])[2H])c1OP(=O)(O)O.[2H]C1([2H])OC(=O)[C@@]2([2H])[C@H]1[C@H](O[C@@H]1O[C@@H]3CO[C@@H](C)O[C@H]3[C@H](O)[C@H]1O)c1cc3c(cc1[C@@]2([2H])c1cc(OC)c(OP(=O)(O)O)c(OC)c1)OCO3.[2H]C1([2H])OC(=O)[C@]2([2H])[C@H](c3cc(OC)c(OP(=O)(O)O)c(OC)c3)c3cc4c(cc3[C@@H](O[C@@H]3O[C@@H]5CO[C@@H](C)O[C@H]5[C@H](O)[C@H]3O)[C@@H]12)OCO4. The number of rotatable bonds is 21. The van der Waals surface area contributed by atoms with Gasteiger partial charge in [0.05, 0.1) is 132 Å². The average Bonchev–Trinajstić information content (AvgIpc) is 1.45. The van der Waals surface area contributed by atoms with Gasteiger partial charge >= 0.3 is 41.4 Å². The van der Waals surface area contributed by atoms with Gasteiger partial charge in [0.25, 0.3) is 0 Å². The lowest BCUT2D eigenvalue weighted by Crippen LogP contribution is -2.63. The van der Waals surface area contributed by atoms with Gasteiger partial charge in [-0.15, -0.1) is 0 Å². The van der Waals surface area contributed by atoms with Crippen molar-refractivity contribution in [2.45, 2.75) is 168 Å². The number of methoxy groups -OCH3 is 6. The maximum atomic E-state index is 13.9. The first-order chi connectivity index (χ1) is 71.1. The molecule has 12 heterocycles. The van der Waals surface area contributed by atoms with Crippen LogP contribution >= 0.6 is 23.5 Å². The molecule has 9 saturated heterocycles. The number of phosphoric acid groups is 3.